The van der Waals surface area contributed by atoms with Gasteiger partial charge in [-0.25, -0.2) is 4.79 Å². The summed E-state index contributed by atoms with van der Waals surface area (Å²) in [6, 6.07) is 13.3. The van der Waals surface area contributed by atoms with Gasteiger partial charge in [0.05, 0.1) is 5.92 Å². The number of carbonyl (C=O) groups excluding carboxylic acids is 1. The summed E-state index contributed by atoms with van der Waals surface area (Å²) >= 11 is 2.91. The Balaban J connectivity index is 1.80. The highest BCUT2D eigenvalue weighted by Crippen LogP contribution is 2.27. The number of hydrogen-bond acceptors (Lipinski definition) is 6. The van der Waals surface area contributed by atoms with Gasteiger partial charge in [-0.15, -0.1) is 10.2 Å². The summed E-state index contributed by atoms with van der Waals surface area (Å²) in [7, 11) is 0. The maximum absolute atomic E-state index is 13.1. The Morgan fingerprint density at radius 3 is 2.73 bits per heavy atom. The molecule has 3 rings (SSSR count). The molecule has 0 spiro atoms. The molecule has 6 nitrogen and oxygen atoms in total. The van der Waals surface area contributed by atoms with Crippen molar-refractivity contribution in [2.45, 2.75) is 43.0 Å². The fourth-order valence-corrected chi connectivity index (χ4v) is 4.92. The Morgan fingerprint density at radius 2 is 2.00 bits per heavy atom. The normalized spacial score (nSPS) is 13.1. The van der Waals surface area contributed by atoms with Crippen LogP contribution in [0.15, 0.2) is 52.3 Å². The minimum Gasteiger partial charge on any atom is -0.480 e. The Bertz CT molecular complexity index is 973. The minimum atomic E-state index is -0.988. The lowest BCUT2D eigenvalue weighted by Gasteiger charge is -2.20. The van der Waals surface area contributed by atoms with Gasteiger partial charge in [0.1, 0.15) is 11.6 Å². The largest absolute Gasteiger partial charge is 0.480 e. The van der Waals surface area contributed by atoms with Crippen LogP contribution in [0, 0.1) is 5.92 Å². The lowest BCUT2D eigenvalue weighted by Crippen LogP contribution is -2.44. The van der Waals surface area contributed by atoms with Crippen LogP contribution in [0.3, 0.4) is 0 Å². The first kappa shape index (κ1) is 22.2. The number of carboxylic acids is 1. The zero-order chi connectivity index (χ0) is 21.3. The summed E-state index contributed by atoms with van der Waals surface area (Å²) in [5.41, 5.74) is 2.74. The number of nitrogens with one attached hydrogen (secondary N) is 1. The molecule has 1 heterocycles. The first-order valence-corrected chi connectivity index (χ1v) is 11.8. The molecule has 158 valence electrons. The molecule has 2 N–H and O–H groups in total. The number of nitrogens with zero attached hydrogens (tertiary/aromatic N) is 2. The van der Waals surface area contributed by atoms with Crippen LogP contribution in [0.1, 0.15) is 31.7 Å². The Hall–Kier alpha value is -2.45. The van der Waals surface area contributed by atoms with Crippen molar-refractivity contribution in [3.05, 3.63) is 53.5 Å². The average Bonchev–Trinajstić information content (AvgIpc) is 3.27. The Morgan fingerprint density at radius 1 is 1.20 bits per heavy atom. The Labute approximate surface area is 184 Å². The second-order valence-corrected chi connectivity index (χ2v) is 9.20. The number of amides is 1. The van der Waals surface area contributed by atoms with Crippen LogP contribution >= 0.6 is 23.1 Å². The molecule has 3 aromatic rings. The number of rotatable bonds is 11. The van der Waals surface area contributed by atoms with Gasteiger partial charge in [0.15, 0.2) is 4.34 Å². The molecular weight excluding hydrogens is 418 g/mol. The summed E-state index contributed by atoms with van der Waals surface area (Å²) in [6.07, 6.45) is 2.60. The number of benzene rings is 2. The number of aliphatic carboxylic acids is 1. The molecule has 30 heavy (non-hydrogen) atoms. The van der Waals surface area contributed by atoms with Gasteiger partial charge >= 0.3 is 5.97 Å². The van der Waals surface area contributed by atoms with Crippen LogP contribution in [0.5, 0.6) is 0 Å². The maximum Gasteiger partial charge on any atom is 0.326 e. The van der Waals surface area contributed by atoms with E-state index in [1.807, 2.05) is 31.2 Å². The Kier molecular flexibility index (Phi) is 8.21. The highest BCUT2D eigenvalue weighted by molar-refractivity contribution is 8.01. The summed E-state index contributed by atoms with van der Waals surface area (Å²) in [5.74, 6) is -1.10. The van der Waals surface area contributed by atoms with Crippen molar-refractivity contribution < 1.29 is 14.7 Å². The molecule has 2 atom stereocenters. The molecule has 1 amide bonds. The van der Waals surface area contributed by atoms with Crippen LogP contribution in [-0.2, 0) is 16.0 Å². The fourth-order valence-electron chi connectivity index (χ4n) is 3.32. The van der Waals surface area contributed by atoms with Gasteiger partial charge in [-0.2, -0.15) is 0 Å². The second kappa shape index (κ2) is 11.1. The van der Waals surface area contributed by atoms with Gasteiger partial charge in [-0.1, -0.05) is 85.3 Å². The van der Waals surface area contributed by atoms with E-state index in [0.29, 0.717) is 18.6 Å². The first-order valence-electron chi connectivity index (χ1n) is 9.97. The summed E-state index contributed by atoms with van der Waals surface area (Å²) in [5, 5.41) is 22.4. The lowest BCUT2D eigenvalue weighted by atomic mass is 9.95. The third-order valence-electron chi connectivity index (χ3n) is 4.93. The first-order chi connectivity index (χ1) is 14.6. The SMILES string of the molecule is CCCC[C@H](NC(=O)[C@@H](CSc1nncs1)Cc1cccc2ccccc12)C(=O)O. The molecule has 0 aliphatic rings. The van der Waals surface area contributed by atoms with E-state index in [0.717, 1.165) is 33.5 Å². The number of fused-ring (bicyclic) bond motifs is 1. The summed E-state index contributed by atoms with van der Waals surface area (Å²) < 4.78 is 0.798. The van der Waals surface area contributed by atoms with Crippen molar-refractivity contribution in [1.29, 1.82) is 0 Å². The molecule has 2 aromatic carbocycles. The molecule has 0 aliphatic heterocycles. The van der Waals surface area contributed by atoms with Crippen molar-refractivity contribution >= 4 is 45.7 Å². The van der Waals surface area contributed by atoms with Crippen LogP contribution < -0.4 is 5.32 Å². The second-order valence-electron chi connectivity index (χ2n) is 7.10. The predicted octanol–water partition coefficient (Wildman–Crippen LogP) is 4.40. The monoisotopic (exact) mass is 443 g/mol. The van der Waals surface area contributed by atoms with E-state index in [1.165, 1.54) is 23.1 Å². The smallest absolute Gasteiger partial charge is 0.326 e. The number of thioether (sulfide) groups is 1. The minimum absolute atomic E-state index is 0.233. The summed E-state index contributed by atoms with van der Waals surface area (Å²) in [4.78, 5) is 24.7. The lowest BCUT2D eigenvalue weighted by molar-refractivity contribution is -0.142. The molecule has 1 aromatic heterocycles. The van der Waals surface area contributed by atoms with E-state index in [9.17, 15) is 14.7 Å². The highest BCUT2D eigenvalue weighted by atomic mass is 32.2. The third kappa shape index (κ3) is 6.03. The molecule has 0 unspecified atom stereocenters. The topological polar surface area (TPSA) is 92.2 Å². The molecule has 0 bridgehead atoms. The fraction of sp³-hybridized carbons (Fsp3) is 0.364. The molecule has 8 heteroatoms. The van der Waals surface area contributed by atoms with Gasteiger partial charge < -0.3 is 10.4 Å². The van der Waals surface area contributed by atoms with E-state index in [1.54, 1.807) is 5.51 Å². The maximum atomic E-state index is 13.1. The predicted molar refractivity (Wildman–Crippen MR) is 121 cm³/mol. The number of unbranched alkanes of at least 4 members (excludes halogenated alkanes) is 1. The number of carboxylic acid groups (broad SMARTS) is 1. The van der Waals surface area contributed by atoms with Gasteiger partial charge in [0.2, 0.25) is 5.91 Å². The van der Waals surface area contributed by atoms with Gasteiger partial charge in [-0.3, -0.25) is 4.79 Å². The van der Waals surface area contributed by atoms with E-state index < -0.39 is 12.0 Å². The van der Waals surface area contributed by atoms with E-state index in [-0.39, 0.29) is 11.8 Å². The van der Waals surface area contributed by atoms with Gasteiger partial charge in [-0.05, 0) is 29.2 Å². The molecular formula is C22H25N3O3S2. The van der Waals surface area contributed by atoms with Gasteiger partial charge in [0, 0.05) is 5.75 Å². The quantitative estimate of drug-likeness (QED) is 0.427. The zero-order valence-corrected chi connectivity index (χ0v) is 18.4. The molecule has 0 aliphatic carbocycles. The number of aromatic nitrogens is 2. The van der Waals surface area contributed by atoms with Crippen molar-refractivity contribution in [3.8, 4) is 0 Å². The number of hydrogen-bond donors (Lipinski definition) is 2. The van der Waals surface area contributed by atoms with Crippen molar-refractivity contribution in [2.24, 2.45) is 5.92 Å². The zero-order valence-electron chi connectivity index (χ0n) is 16.8. The standard InChI is InChI=1S/C22H25N3O3S2/c1-2-3-11-19(21(27)28)24-20(26)17(13-29-22-25-23-14-30-22)12-16-9-6-8-15-7-4-5-10-18(15)16/h4-10,14,17,19H,2-3,11-13H2,1H3,(H,24,26)(H,27,28)/t17-,19+/m1/s1. The molecule has 0 fully saturated rings. The summed E-state index contributed by atoms with van der Waals surface area (Å²) in [6.45, 7) is 2.00. The van der Waals surface area contributed by atoms with Crippen LogP contribution in [0.4, 0.5) is 0 Å². The van der Waals surface area contributed by atoms with Crippen molar-refractivity contribution in [1.82, 2.24) is 15.5 Å². The van der Waals surface area contributed by atoms with Crippen LogP contribution in [0.25, 0.3) is 10.8 Å². The van der Waals surface area contributed by atoms with E-state index in [4.69, 9.17) is 0 Å². The van der Waals surface area contributed by atoms with Crippen LogP contribution in [0.2, 0.25) is 0 Å². The highest BCUT2D eigenvalue weighted by Gasteiger charge is 2.26. The van der Waals surface area contributed by atoms with Gasteiger partial charge in [0.25, 0.3) is 0 Å². The van der Waals surface area contributed by atoms with E-state index >= 15 is 0 Å². The third-order valence-corrected chi connectivity index (χ3v) is 6.95. The van der Waals surface area contributed by atoms with Crippen molar-refractivity contribution in [3.63, 3.8) is 0 Å². The molecule has 0 saturated heterocycles. The van der Waals surface area contributed by atoms with Crippen molar-refractivity contribution in [2.75, 3.05) is 5.75 Å². The molecule has 0 saturated carbocycles. The number of carbonyl (C=O) groups is 2. The average molecular weight is 444 g/mol. The van der Waals surface area contributed by atoms with Crippen LogP contribution in [-0.4, -0.2) is 39.0 Å². The van der Waals surface area contributed by atoms with E-state index in [2.05, 4.69) is 33.7 Å². The molecule has 0 radical (unpaired) electrons.